The average Bonchev–Trinajstić information content (AvgIpc) is 3.65. The number of para-hydroxylation sites is 1. The van der Waals surface area contributed by atoms with E-state index >= 15 is 0 Å². The third-order valence-electron chi connectivity index (χ3n) is 16.9. The summed E-state index contributed by atoms with van der Waals surface area (Å²) in [5.74, 6) is 2.14. The van der Waals surface area contributed by atoms with Crippen molar-refractivity contribution in [2.24, 2.45) is 0 Å². The molecule has 3 saturated carbocycles. The van der Waals surface area contributed by atoms with Crippen LogP contribution >= 0.6 is 0 Å². The van der Waals surface area contributed by atoms with Crippen molar-refractivity contribution in [2.75, 3.05) is 4.90 Å². The monoisotopic (exact) mass is 878 g/mol. The largest absolute Gasteiger partial charge is 0.310 e. The number of hydrogen-bond donors (Lipinski definition) is 0. The average molecular weight is 878 g/mol. The number of fused-ring (bicyclic) bond motifs is 3. The van der Waals surface area contributed by atoms with E-state index in [9.17, 15) is 0 Å². The standard InChI is InChI=1S/C66H71N/c1-65(2,3)52-35-37-53(38-36-52)66(4)61-31-19-17-30-57(61)58-42-41-55(45-62(58)66)67(63-32-20-18-29-56(63)47-21-9-5-10-22-47)54-39-33-46(34-40-54)51-43-59(48-23-11-6-12-24-48)64(50-27-15-8-16-28-50)60(44-51)49-25-13-7-14-26-49/h5,9-10,17-22,29-45,48-50H,6-8,11-16,23-28H2,1-4H3. The van der Waals surface area contributed by atoms with Gasteiger partial charge < -0.3 is 4.90 Å². The molecule has 0 heterocycles. The van der Waals surface area contributed by atoms with Crippen LogP contribution in [0.5, 0.6) is 0 Å². The van der Waals surface area contributed by atoms with Gasteiger partial charge in [0.05, 0.1) is 5.69 Å². The van der Waals surface area contributed by atoms with Crippen molar-refractivity contribution >= 4 is 17.1 Å². The summed E-state index contributed by atoms with van der Waals surface area (Å²) in [6, 6.07) is 61.0. The third kappa shape index (κ3) is 8.30. The summed E-state index contributed by atoms with van der Waals surface area (Å²) in [4.78, 5) is 2.53. The second-order valence-corrected chi connectivity index (χ2v) is 22.1. The number of hydrogen-bond acceptors (Lipinski definition) is 1. The molecule has 4 aliphatic carbocycles. The first-order valence-electron chi connectivity index (χ1n) is 26.3. The van der Waals surface area contributed by atoms with E-state index in [2.05, 4.69) is 190 Å². The Morgan fingerprint density at radius 2 is 0.940 bits per heavy atom. The van der Waals surface area contributed by atoms with Crippen LogP contribution in [-0.2, 0) is 10.8 Å². The number of rotatable bonds is 9. The van der Waals surface area contributed by atoms with Crippen LogP contribution in [0.4, 0.5) is 17.1 Å². The van der Waals surface area contributed by atoms with Crippen molar-refractivity contribution in [1.29, 1.82) is 0 Å². The Balaban J connectivity index is 1.06. The molecule has 67 heavy (non-hydrogen) atoms. The van der Waals surface area contributed by atoms with E-state index < -0.39 is 0 Å². The molecule has 11 rings (SSSR count). The highest BCUT2D eigenvalue weighted by molar-refractivity contribution is 5.91. The summed E-state index contributed by atoms with van der Waals surface area (Å²) >= 11 is 0. The van der Waals surface area contributed by atoms with Gasteiger partial charge in [-0.05, 0) is 166 Å². The lowest BCUT2D eigenvalue weighted by Gasteiger charge is -2.35. The highest BCUT2D eigenvalue weighted by atomic mass is 15.1. The number of anilines is 3. The number of nitrogens with zero attached hydrogens (tertiary/aromatic N) is 1. The minimum atomic E-state index is -0.317. The summed E-state index contributed by atoms with van der Waals surface area (Å²) in [7, 11) is 0. The molecular formula is C66H71N. The molecule has 4 aliphatic rings. The summed E-state index contributed by atoms with van der Waals surface area (Å²) in [6.45, 7) is 9.37. The van der Waals surface area contributed by atoms with E-state index in [1.807, 2.05) is 5.56 Å². The molecule has 0 bridgehead atoms. The zero-order chi connectivity index (χ0) is 45.5. The van der Waals surface area contributed by atoms with Crippen molar-refractivity contribution in [3.05, 3.63) is 197 Å². The molecule has 0 aliphatic heterocycles. The molecule has 0 saturated heterocycles. The fourth-order valence-electron chi connectivity index (χ4n) is 13.2. The van der Waals surface area contributed by atoms with E-state index in [1.54, 1.807) is 11.1 Å². The Hall–Kier alpha value is -5.66. The molecule has 0 amide bonds. The van der Waals surface area contributed by atoms with E-state index in [-0.39, 0.29) is 10.8 Å². The van der Waals surface area contributed by atoms with Gasteiger partial charge in [-0.25, -0.2) is 0 Å². The highest BCUT2D eigenvalue weighted by Gasteiger charge is 2.41. The molecule has 0 aromatic heterocycles. The molecule has 0 radical (unpaired) electrons. The van der Waals surface area contributed by atoms with Gasteiger partial charge >= 0.3 is 0 Å². The maximum atomic E-state index is 2.71. The van der Waals surface area contributed by atoms with Crippen LogP contribution in [0, 0.1) is 0 Å². The van der Waals surface area contributed by atoms with Gasteiger partial charge in [0, 0.05) is 22.4 Å². The van der Waals surface area contributed by atoms with E-state index in [0.717, 1.165) is 5.92 Å². The molecule has 0 N–H and O–H groups in total. The van der Waals surface area contributed by atoms with Gasteiger partial charge in [-0.15, -0.1) is 0 Å². The Morgan fingerprint density at radius 1 is 0.418 bits per heavy atom. The first-order valence-corrected chi connectivity index (χ1v) is 26.3. The molecule has 7 aromatic rings. The van der Waals surface area contributed by atoms with Crippen LogP contribution in [0.25, 0.3) is 33.4 Å². The van der Waals surface area contributed by atoms with Gasteiger partial charge in [-0.3, -0.25) is 0 Å². The van der Waals surface area contributed by atoms with Crippen LogP contribution in [0.3, 0.4) is 0 Å². The molecular weight excluding hydrogens is 807 g/mol. The second-order valence-electron chi connectivity index (χ2n) is 22.1. The van der Waals surface area contributed by atoms with Crippen molar-refractivity contribution in [3.8, 4) is 33.4 Å². The lowest BCUT2D eigenvalue weighted by molar-refractivity contribution is 0.404. The second kappa shape index (κ2) is 18.4. The lowest BCUT2D eigenvalue weighted by atomic mass is 9.70. The molecule has 0 spiro atoms. The minimum Gasteiger partial charge on any atom is -0.310 e. The van der Waals surface area contributed by atoms with Crippen molar-refractivity contribution in [3.63, 3.8) is 0 Å². The third-order valence-corrected chi connectivity index (χ3v) is 16.9. The van der Waals surface area contributed by atoms with Crippen molar-refractivity contribution in [2.45, 2.75) is 153 Å². The summed E-state index contributed by atoms with van der Waals surface area (Å²) in [6.07, 6.45) is 20.7. The first-order chi connectivity index (χ1) is 32.8. The number of benzene rings is 7. The predicted octanol–water partition coefficient (Wildman–Crippen LogP) is 19.3. The zero-order valence-electron chi connectivity index (χ0n) is 40.8. The van der Waals surface area contributed by atoms with Gasteiger partial charge in [0.2, 0.25) is 0 Å². The lowest BCUT2D eigenvalue weighted by Crippen LogP contribution is -2.23. The van der Waals surface area contributed by atoms with Gasteiger partial charge in [0.1, 0.15) is 0 Å². The Morgan fingerprint density at radius 3 is 1.55 bits per heavy atom. The predicted molar refractivity (Wildman–Crippen MR) is 286 cm³/mol. The van der Waals surface area contributed by atoms with E-state index in [1.165, 1.54) is 169 Å². The summed E-state index contributed by atoms with van der Waals surface area (Å²) < 4.78 is 0. The van der Waals surface area contributed by atoms with Crippen LogP contribution in [0.2, 0.25) is 0 Å². The SMILES string of the molecule is CC(C)(C)c1ccc(C2(C)c3ccccc3-c3ccc(N(c4ccc(-c5cc(C6CCCCC6)c(C6CCCCC6)c(C6CCCCC6)c5)cc4)c4ccccc4-c4ccccc4)cc32)cc1. The van der Waals surface area contributed by atoms with Crippen LogP contribution in [0.15, 0.2) is 158 Å². The molecule has 340 valence electrons. The maximum Gasteiger partial charge on any atom is 0.0540 e. The van der Waals surface area contributed by atoms with Crippen LogP contribution in [0.1, 0.15) is 181 Å². The fraction of sp³-hybridized carbons (Fsp3) is 0.364. The molecule has 1 unspecified atom stereocenters. The zero-order valence-corrected chi connectivity index (χ0v) is 40.8. The molecule has 1 heteroatoms. The van der Waals surface area contributed by atoms with Gasteiger partial charge in [0.15, 0.2) is 0 Å². The quantitative estimate of drug-likeness (QED) is 0.140. The molecule has 1 nitrogen and oxygen atoms in total. The maximum absolute atomic E-state index is 2.71. The molecule has 3 fully saturated rings. The fourth-order valence-corrected chi connectivity index (χ4v) is 13.2. The highest BCUT2D eigenvalue weighted by Crippen LogP contribution is 2.55. The molecule has 1 atom stereocenters. The minimum absolute atomic E-state index is 0.0913. The van der Waals surface area contributed by atoms with Gasteiger partial charge in [-0.2, -0.15) is 0 Å². The van der Waals surface area contributed by atoms with Gasteiger partial charge in [-0.1, -0.05) is 206 Å². The van der Waals surface area contributed by atoms with Gasteiger partial charge in [0.25, 0.3) is 0 Å². The topological polar surface area (TPSA) is 3.24 Å². The Bertz CT molecular complexity index is 2780. The first kappa shape index (κ1) is 43.9. The summed E-state index contributed by atoms with van der Waals surface area (Å²) in [5, 5.41) is 0. The smallest absolute Gasteiger partial charge is 0.0540 e. The van der Waals surface area contributed by atoms with E-state index in [0.29, 0.717) is 11.8 Å². The van der Waals surface area contributed by atoms with Crippen LogP contribution < -0.4 is 4.90 Å². The molecule has 7 aromatic carbocycles. The Kier molecular flexibility index (Phi) is 12.1. The van der Waals surface area contributed by atoms with Crippen molar-refractivity contribution in [1.82, 2.24) is 0 Å². The van der Waals surface area contributed by atoms with E-state index in [4.69, 9.17) is 0 Å². The van der Waals surface area contributed by atoms with Crippen LogP contribution in [-0.4, -0.2) is 0 Å². The Labute approximate surface area is 402 Å². The normalized spacial score (nSPS) is 19.2. The summed E-state index contributed by atoms with van der Waals surface area (Å²) in [5.41, 5.74) is 21.9. The van der Waals surface area contributed by atoms with Crippen molar-refractivity contribution < 1.29 is 0 Å².